The summed E-state index contributed by atoms with van der Waals surface area (Å²) in [6.07, 6.45) is 7.32. The molecule has 0 aliphatic heterocycles. The van der Waals surface area contributed by atoms with E-state index >= 15 is 0 Å². The minimum absolute atomic E-state index is 0.129. The quantitative estimate of drug-likeness (QED) is 0.764. The van der Waals surface area contributed by atoms with Gasteiger partial charge in [-0.3, -0.25) is 5.10 Å². The molecule has 0 saturated heterocycles. The van der Waals surface area contributed by atoms with Crippen molar-refractivity contribution in [2.45, 2.75) is 32.7 Å². The van der Waals surface area contributed by atoms with Crippen LogP contribution in [0.15, 0.2) is 30.9 Å². The largest absolute Gasteiger partial charge is 0.362 e. The molecule has 2 N–H and O–H groups in total. The fourth-order valence-corrected chi connectivity index (χ4v) is 2.12. The van der Waals surface area contributed by atoms with Crippen LogP contribution in [0, 0.1) is 0 Å². The second kappa shape index (κ2) is 4.96. The molecule has 1 atom stereocenters. The fourth-order valence-electron chi connectivity index (χ4n) is 2.12. The van der Waals surface area contributed by atoms with Gasteiger partial charge in [0.1, 0.15) is 5.52 Å². The number of H-pyrrole nitrogens is 1. The number of rotatable bonds is 4. The first-order valence-corrected chi connectivity index (χ1v) is 6.74. The van der Waals surface area contributed by atoms with E-state index in [1.165, 1.54) is 0 Å². The molecule has 1 unspecified atom stereocenters. The maximum Gasteiger partial charge on any atom is 0.152 e. The summed E-state index contributed by atoms with van der Waals surface area (Å²) in [5.41, 5.74) is 3.15. The zero-order chi connectivity index (χ0) is 14.1. The molecule has 0 aliphatic carbocycles. The number of hydrogen-bond donors (Lipinski definition) is 2. The van der Waals surface area contributed by atoms with Crippen LogP contribution in [-0.4, -0.2) is 24.8 Å². The molecule has 0 spiro atoms. The van der Waals surface area contributed by atoms with E-state index in [4.69, 9.17) is 0 Å². The topological polar surface area (TPSA) is 70.9 Å². The van der Waals surface area contributed by atoms with E-state index in [0.717, 1.165) is 22.6 Å². The van der Waals surface area contributed by atoms with E-state index in [-0.39, 0.29) is 6.04 Å². The summed E-state index contributed by atoms with van der Waals surface area (Å²) in [4.78, 5) is 4.43. The molecular formula is C14H18N6. The van der Waals surface area contributed by atoms with E-state index in [9.17, 15) is 0 Å². The summed E-state index contributed by atoms with van der Waals surface area (Å²) in [6.45, 7) is 6.35. The predicted octanol–water partition coefficient (Wildman–Crippen LogP) is 2.75. The van der Waals surface area contributed by atoms with Gasteiger partial charge in [-0.15, -0.1) is 0 Å². The highest BCUT2D eigenvalue weighted by Gasteiger charge is 2.12. The molecule has 0 amide bonds. The summed E-state index contributed by atoms with van der Waals surface area (Å²) in [6, 6.07) is 2.21. The molecule has 3 heterocycles. The molecule has 6 heteroatoms. The third-order valence-corrected chi connectivity index (χ3v) is 3.37. The van der Waals surface area contributed by atoms with Gasteiger partial charge in [-0.1, -0.05) is 13.8 Å². The van der Waals surface area contributed by atoms with Crippen molar-refractivity contribution in [2.75, 3.05) is 5.32 Å². The van der Waals surface area contributed by atoms with Crippen molar-refractivity contribution in [2.24, 2.45) is 0 Å². The maximum atomic E-state index is 4.56. The van der Waals surface area contributed by atoms with Crippen LogP contribution in [-0.2, 0) is 0 Å². The molecule has 0 radical (unpaired) electrons. The molecule has 0 aliphatic rings. The molecule has 3 rings (SSSR count). The molecule has 104 valence electrons. The minimum atomic E-state index is 0.129. The predicted molar refractivity (Wildman–Crippen MR) is 77.7 cm³/mol. The van der Waals surface area contributed by atoms with Crippen molar-refractivity contribution >= 4 is 11.3 Å². The third kappa shape index (κ3) is 2.24. The average molecular weight is 270 g/mol. The first-order valence-electron chi connectivity index (χ1n) is 6.74. The van der Waals surface area contributed by atoms with Crippen LogP contribution in [0.4, 0.5) is 5.82 Å². The van der Waals surface area contributed by atoms with Gasteiger partial charge in [-0.05, 0) is 18.9 Å². The molecule has 20 heavy (non-hydrogen) atoms. The van der Waals surface area contributed by atoms with Gasteiger partial charge in [0.15, 0.2) is 5.82 Å². The number of hydrogen-bond acceptors (Lipinski definition) is 4. The van der Waals surface area contributed by atoms with Crippen molar-refractivity contribution in [1.82, 2.24) is 24.8 Å². The summed E-state index contributed by atoms with van der Waals surface area (Å²) >= 11 is 0. The Labute approximate surface area is 117 Å². The maximum absolute atomic E-state index is 4.56. The number of aromatic amines is 1. The summed E-state index contributed by atoms with van der Waals surface area (Å²) in [5.74, 6) is 1.23. The summed E-state index contributed by atoms with van der Waals surface area (Å²) in [7, 11) is 0. The smallest absolute Gasteiger partial charge is 0.152 e. The van der Waals surface area contributed by atoms with Gasteiger partial charge in [0.05, 0.1) is 17.9 Å². The summed E-state index contributed by atoms with van der Waals surface area (Å²) in [5, 5.41) is 14.8. The second-order valence-electron chi connectivity index (χ2n) is 5.23. The zero-order valence-electron chi connectivity index (χ0n) is 11.8. The fraction of sp³-hybridized carbons (Fsp3) is 0.357. The van der Waals surface area contributed by atoms with Gasteiger partial charge >= 0.3 is 0 Å². The van der Waals surface area contributed by atoms with Crippen LogP contribution in [0.1, 0.15) is 44.0 Å². The van der Waals surface area contributed by atoms with Crippen LogP contribution in [0.25, 0.3) is 5.52 Å². The molecule has 0 fully saturated rings. The molecule has 0 bridgehead atoms. The van der Waals surface area contributed by atoms with E-state index in [1.54, 1.807) is 6.20 Å². The third-order valence-electron chi connectivity index (χ3n) is 3.37. The van der Waals surface area contributed by atoms with Gasteiger partial charge < -0.3 is 5.32 Å². The highest BCUT2D eigenvalue weighted by Crippen LogP contribution is 2.23. The van der Waals surface area contributed by atoms with Crippen LogP contribution in [0.3, 0.4) is 0 Å². The first kappa shape index (κ1) is 12.7. The van der Waals surface area contributed by atoms with Crippen LogP contribution in [0.5, 0.6) is 0 Å². The van der Waals surface area contributed by atoms with Crippen molar-refractivity contribution in [1.29, 1.82) is 0 Å². The Morgan fingerprint density at radius 2 is 2.15 bits per heavy atom. The van der Waals surface area contributed by atoms with Gasteiger partial charge in [-0.2, -0.15) is 10.2 Å². The molecular weight excluding hydrogens is 252 g/mol. The lowest BCUT2D eigenvalue weighted by atomic mass is 10.1. The van der Waals surface area contributed by atoms with Crippen molar-refractivity contribution in [3.8, 4) is 0 Å². The lowest BCUT2D eigenvalue weighted by Crippen LogP contribution is -2.08. The Hall–Kier alpha value is -2.37. The van der Waals surface area contributed by atoms with Gasteiger partial charge in [-0.25, -0.2) is 9.50 Å². The standard InChI is InChI=1S/C14H18N6/c1-9(2)12-6-13-14(15-4-5-20(13)19-12)18-10(3)11-7-16-17-8-11/h4-10H,1-3H3,(H,15,18)(H,16,17). The van der Waals surface area contributed by atoms with Crippen LogP contribution >= 0.6 is 0 Å². The number of nitrogens with zero attached hydrogens (tertiary/aromatic N) is 4. The lowest BCUT2D eigenvalue weighted by Gasteiger charge is -2.13. The van der Waals surface area contributed by atoms with Gasteiger partial charge in [0.25, 0.3) is 0 Å². The summed E-state index contributed by atoms with van der Waals surface area (Å²) < 4.78 is 1.87. The van der Waals surface area contributed by atoms with Crippen LogP contribution in [0.2, 0.25) is 0 Å². The highest BCUT2D eigenvalue weighted by molar-refractivity contribution is 5.68. The molecule has 0 saturated carbocycles. The Balaban J connectivity index is 1.95. The van der Waals surface area contributed by atoms with Crippen molar-refractivity contribution in [3.63, 3.8) is 0 Å². The number of anilines is 1. The Morgan fingerprint density at radius 3 is 2.85 bits per heavy atom. The Kier molecular flexibility index (Phi) is 3.14. The van der Waals surface area contributed by atoms with E-state index in [2.05, 4.69) is 52.4 Å². The number of fused-ring (bicyclic) bond motifs is 1. The highest BCUT2D eigenvalue weighted by atomic mass is 15.2. The molecule has 3 aromatic heterocycles. The monoisotopic (exact) mass is 270 g/mol. The Bertz CT molecular complexity index is 698. The lowest BCUT2D eigenvalue weighted by molar-refractivity contribution is 0.786. The zero-order valence-corrected chi connectivity index (χ0v) is 11.8. The number of aromatic nitrogens is 5. The van der Waals surface area contributed by atoms with E-state index < -0.39 is 0 Å². The second-order valence-corrected chi connectivity index (χ2v) is 5.23. The van der Waals surface area contributed by atoms with Crippen molar-refractivity contribution in [3.05, 3.63) is 42.1 Å². The minimum Gasteiger partial charge on any atom is -0.362 e. The molecule has 0 aromatic carbocycles. The number of nitrogens with one attached hydrogen (secondary N) is 2. The van der Waals surface area contributed by atoms with Gasteiger partial charge in [0, 0.05) is 24.2 Å². The normalized spacial score (nSPS) is 13.0. The first-order chi connectivity index (χ1) is 9.65. The average Bonchev–Trinajstić information content (AvgIpc) is 3.08. The van der Waals surface area contributed by atoms with Gasteiger partial charge in [0.2, 0.25) is 0 Å². The van der Waals surface area contributed by atoms with E-state index in [0.29, 0.717) is 5.92 Å². The van der Waals surface area contributed by atoms with Crippen LogP contribution < -0.4 is 5.32 Å². The van der Waals surface area contributed by atoms with E-state index in [1.807, 2.05) is 23.1 Å². The molecule has 3 aromatic rings. The Morgan fingerprint density at radius 1 is 1.30 bits per heavy atom. The van der Waals surface area contributed by atoms with Crippen molar-refractivity contribution < 1.29 is 0 Å². The SMILES string of the molecule is CC(C)c1cc2c(NC(C)c3cn[nH]c3)nccn2n1. The molecule has 6 nitrogen and oxygen atoms in total.